The minimum Gasteiger partial charge on any atom is -0.380 e. The Bertz CT molecular complexity index is 316. The van der Waals surface area contributed by atoms with Crippen molar-refractivity contribution in [2.45, 2.75) is 12.5 Å². The first-order valence-corrected chi connectivity index (χ1v) is 5.59. The summed E-state index contributed by atoms with van der Waals surface area (Å²) in [7, 11) is 2.15. The first-order valence-electron chi connectivity index (χ1n) is 4.79. The van der Waals surface area contributed by atoms with E-state index in [0.29, 0.717) is 6.04 Å². The smallest absolute Gasteiger partial charge is 0.0540 e. The van der Waals surface area contributed by atoms with Gasteiger partial charge in [-0.2, -0.15) is 0 Å². The maximum atomic E-state index is 4.12. The number of hydrogen-bond donors (Lipinski definition) is 1. The van der Waals surface area contributed by atoms with Crippen molar-refractivity contribution < 1.29 is 0 Å². The molecule has 1 saturated heterocycles. The highest BCUT2D eigenvalue weighted by Gasteiger charge is 2.18. The van der Waals surface area contributed by atoms with Crippen molar-refractivity contribution in [1.29, 1.82) is 0 Å². The highest BCUT2D eigenvalue weighted by Crippen LogP contribution is 2.17. The molecule has 0 aliphatic carbocycles. The average Bonchev–Trinajstić information content (AvgIpc) is 2.51. The van der Waals surface area contributed by atoms with Crippen molar-refractivity contribution in [2.75, 3.05) is 25.5 Å². The number of hydrogen-bond acceptors (Lipinski definition) is 3. The fourth-order valence-electron chi connectivity index (χ4n) is 1.78. The highest BCUT2D eigenvalue weighted by molar-refractivity contribution is 9.10. The highest BCUT2D eigenvalue weighted by atomic mass is 79.9. The molecule has 0 radical (unpaired) electrons. The minimum absolute atomic E-state index is 0.566. The number of nitrogens with zero attached hydrogens (tertiary/aromatic N) is 2. The maximum Gasteiger partial charge on any atom is 0.0540 e. The number of halogens is 1. The summed E-state index contributed by atoms with van der Waals surface area (Å²) in [6, 6.07) is 2.63. The van der Waals surface area contributed by atoms with E-state index in [-0.39, 0.29) is 0 Å². The number of rotatable bonds is 2. The molecule has 3 nitrogen and oxygen atoms in total. The van der Waals surface area contributed by atoms with Crippen LogP contribution in [0.4, 0.5) is 5.69 Å². The van der Waals surface area contributed by atoms with Gasteiger partial charge in [-0.25, -0.2) is 0 Å². The van der Waals surface area contributed by atoms with E-state index in [1.54, 1.807) is 6.20 Å². The fourth-order valence-corrected chi connectivity index (χ4v) is 2.14. The van der Waals surface area contributed by atoms with Crippen LogP contribution in [0.1, 0.15) is 6.42 Å². The third-order valence-corrected chi connectivity index (χ3v) is 2.90. The Kier molecular flexibility index (Phi) is 3.03. The molecule has 4 heteroatoms. The first-order chi connectivity index (χ1) is 6.74. The molecule has 0 amide bonds. The van der Waals surface area contributed by atoms with Crippen LogP contribution in [0.25, 0.3) is 0 Å². The lowest BCUT2D eigenvalue weighted by atomic mass is 10.2. The van der Waals surface area contributed by atoms with Gasteiger partial charge < -0.3 is 10.2 Å². The van der Waals surface area contributed by atoms with Crippen molar-refractivity contribution in [1.82, 2.24) is 9.88 Å². The molecule has 0 bridgehead atoms. The van der Waals surface area contributed by atoms with Gasteiger partial charge in [0.05, 0.1) is 11.9 Å². The van der Waals surface area contributed by atoms with Gasteiger partial charge in [0.15, 0.2) is 0 Å². The number of likely N-dealkylation sites (tertiary alicyclic amines) is 1. The molecule has 2 rings (SSSR count). The van der Waals surface area contributed by atoms with Gasteiger partial charge in [-0.3, -0.25) is 4.98 Å². The van der Waals surface area contributed by atoms with Crippen molar-refractivity contribution in [3.63, 3.8) is 0 Å². The van der Waals surface area contributed by atoms with Gasteiger partial charge in [-0.15, -0.1) is 0 Å². The Morgan fingerprint density at radius 1 is 1.57 bits per heavy atom. The second kappa shape index (κ2) is 4.28. The monoisotopic (exact) mass is 255 g/mol. The summed E-state index contributed by atoms with van der Waals surface area (Å²) in [5, 5.41) is 3.48. The van der Waals surface area contributed by atoms with E-state index in [1.807, 2.05) is 6.20 Å². The van der Waals surface area contributed by atoms with Crippen LogP contribution in [0.5, 0.6) is 0 Å². The lowest BCUT2D eigenvalue weighted by Gasteiger charge is -2.13. The summed E-state index contributed by atoms with van der Waals surface area (Å²) in [6.07, 6.45) is 4.87. The third-order valence-electron chi connectivity index (χ3n) is 2.47. The second-order valence-electron chi connectivity index (χ2n) is 3.78. The third kappa shape index (κ3) is 2.45. The summed E-state index contributed by atoms with van der Waals surface area (Å²) in [4.78, 5) is 6.46. The molecule has 14 heavy (non-hydrogen) atoms. The summed E-state index contributed by atoms with van der Waals surface area (Å²) in [5.41, 5.74) is 1.10. The molecule has 1 aliphatic rings. The summed E-state index contributed by atoms with van der Waals surface area (Å²) < 4.78 is 1.02. The van der Waals surface area contributed by atoms with Crippen LogP contribution in [0.3, 0.4) is 0 Å². The number of nitrogens with one attached hydrogen (secondary N) is 1. The maximum absolute atomic E-state index is 4.12. The van der Waals surface area contributed by atoms with Gasteiger partial charge >= 0.3 is 0 Å². The van der Waals surface area contributed by atoms with E-state index in [1.165, 1.54) is 13.0 Å². The van der Waals surface area contributed by atoms with Gasteiger partial charge in [0.25, 0.3) is 0 Å². The van der Waals surface area contributed by atoms with E-state index < -0.39 is 0 Å². The number of aromatic nitrogens is 1. The van der Waals surface area contributed by atoms with Gasteiger partial charge in [-0.05, 0) is 42.0 Å². The second-order valence-corrected chi connectivity index (χ2v) is 4.70. The van der Waals surface area contributed by atoms with Crippen molar-refractivity contribution in [3.05, 3.63) is 22.9 Å². The molecule has 1 fully saturated rings. The molecule has 0 spiro atoms. The van der Waals surface area contributed by atoms with E-state index in [9.17, 15) is 0 Å². The fraction of sp³-hybridized carbons (Fsp3) is 0.500. The lowest BCUT2D eigenvalue weighted by Crippen LogP contribution is -2.23. The standard InChI is InChI=1S/C10H14BrN3/c1-14-3-2-9(7-14)13-10-4-8(11)5-12-6-10/h4-6,9,13H,2-3,7H2,1H3. The van der Waals surface area contributed by atoms with Gasteiger partial charge in [0, 0.05) is 23.3 Å². The zero-order chi connectivity index (χ0) is 9.97. The van der Waals surface area contributed by atoms with Gasteiger partial charge in [0.2, 0.25) is 0 Å². The topological polar surface area (TPSA) is 28.2 Å². The van der Waals surface area contributed by atoms with Crippen molar-refractivity contribution in [2.24, 2.45) is 0 Å². The summed E-state index contributed by atoms with van der Waals surface area (Å²) in [6.45, 7) is 2.30. The molecular weight excluding hydrogens is 242 g/mol. The molecule has 0 saturated carbocycles. The quantitative estimate of drug-likeness (QED) is 0.876. The minimum atomic E-state index is 0.566. The van der Waals surface area contributed by atoms with Crippen molar-refractivity contribution >= 4 is 21.6 Å². The molecule has 1 aliphatic heterocycles. The van der Waals surface area contributed by atoms with E-state index in [0.717, 1.165) is 16.7 Å². The van der Waals surface area contributed by atoms with Crippen molar-refractivity contribution in [3.8, 4) is 0 Å². The van der Waals surface area contributed by atoms with Crippen LogP contribution in [-0.4, -0.2) is 36.1 Å². The van der Waals surface area contributed by atoms with Crippen LogP contribution < -0.4 is 5.32 Å². The van der Waals surface area contributed by atoms with Crippen LogP contribution >= 0.6 is 15.9 Å². The first kappa shape index (κ1) is 9.93. The van der Waals surface area contributed by atoms with E-state index in [2.05, 4.69) is 44.2 Å². The zero-order valence-corrected chi connectivity index (χ0v) is 9.79. The molecule has 0 aromatic carbocycles. The van der Waals surface area contributed by atoms with Gasteiger partial charge in [0.1, 0.15) is 0 Å². The predicted molar refractivity (Wildman–Crippen MR) is 61.5 cm³/mol. The van der Waals surface area contributed by atoms with E-state index >= 15 is 0 Å². The normalized spacial score (nSPS) is 22.6. The molecule has 1 atom stereocenters. The lowest BCUT2D eigenvalue weighted by molar-refractivity contribution is 0.414. The molecule has 1 aromatic rings. The molecule has 1 aromatic heterocycles. The summed E-state index contributed by atoms with van der Waals surface area (Å²) >= 11 is 3.41. The SMILES string of the molecule is CN1CCC(Nc2cncc(Br)c2)C1. The molecule has 1 unspecified atom stereocenters. The Morgan fingerprint density at radius 2 is 2.43 bits per heavy atom. The van der Waals surface area contributed by atoms with Crippen LogP contribution in [0.15, 0.2) is 22.9 Å². The van der Waals surface area contributed by atoms with Crippen LogP contribution in [-0.2, 0) is 0 Å². The Labute approximate surface area is 92.6 Å². The van der Waals surface area contributed by atoms with E-state index in [4.69, 9.17) is 0 Å². The zero-order valence-electron chi connectivity index (χ0n) is 8.20. The Morgan fingerprint density at radius 3 is 3.07 bits per heavy atom. The largest absolute Gasteiger partial charge is 0.380 e. The van der Waals surface area contributed by atoms with Gasteiger partial charge in [-0.1, -0.05) is 0 Å². The molecule has 76 valence electrons. The number of pyridine rings is 1. The molecular formula is C10H14BrN3. The summed E-state index contributed by atoms with van der Waals surface area (Å²) in [5.74, 6) is 0. The number of likely N-dealkylation sites (N-methyl/N-ethyl adjacent to an activating group) is 1. The average molecular weight is 256 g/mol. The molecule has 2 heterocycles. The Balaban J connectivity index is 1.97. The van der Waals surface area contributed by atoms with Crippen LogP contribution in [0.2, 0.25) is 0 Å². The predicted octanol–water partition coefficient (Wildman–Crippen LogP) is 1.96. The Hall–Kier alpha value is -0.610. The van der Waals surface area contributed by atoms with Crippen LogP contribution in [0, 0.1) is 0 Å². The number of anilines is 1. The molecule has 1 N–H and O–H groups in total.